The molecular weight excluding hydrogens is 248 g/mol. The van der Waals surface area contributed by atoms with Crippen molar-refractivity contribution in [3.8, 4) is 0 Å². The summed E-state index contributed by atoms with van der Waals surface area (Å²) in [6.07, 6.45) is 4.02. The average molecular weight is 276 g/mol. The summed E-state index contributed by atoms with van der Waals surface area (Å²) in [7, 11) is 2.06. The number of aromatic nitrogens is 2. The van der Waals surface area contributed by atoms with E-state index in [4.69, 9.17) is 0 Å². The quantitative estimate of drug-likeness (QED) is 0.914. The fourth-order valence-electron chi connectivity index (χ4n) is 3.69. The zero-order chi connectivity index (χ0) is 14.3. The first-order chi connectivity index (χ1) is 9.51. The Balaban J connectivity index is 1.75. The van der Waals surface area contributed by atoms with E-state index in [9.17, 15) is 0 Å². The lowest BCUT2D eigenvalue weighted by Crippen LogP contribution is -2.63. The summed E-state index contributed by atoms with van der Waals surface area (Å²) < 4.78 is 2.04. The minimum atomic E-state index is 0.319. The lowest BCUT2D eigenvalue weighted by atomic mass is 9.90. The number of hydrogen-bond acceptors (Lipinski definition) is 3. The summed E-state index contributed by atoms with van der Waals surface area (Å²) in [5, 5.41) is 8.32. The van der Waals surface area contributed by atoms with Gasteiger partial charge in [0.25, 0.3) is 0 Å². The summed E-state index contributed by atoms with van der Waals surface area (Å²) >= 11 is 0. The first-order valence-electron chi connectivity index (χ1n) is 8.00. The Morgan fingerprint density at radius 1 is 1.45 bits per heavy atom. The predicted octanol–water partition coefficient (Wildman–Crippen LogP) is 2.08. The van der Waals surface area contributed by atoms with Crippen LogP contribution in [-0.2, 0) is 13.6 Å². The molecule has 1 saturated heterocycles. The molecule has 2 fully saturated rings. The summed E-state index contributed by atoms with van der Waals surface area (Å²) in [5.74, 6) is 0.885. The summed E-state index contributed by atoms with van der Waals surface area (Å²) in [6.45, 7) is 10.1. The molecule has 0 radical (unpaired) electrons. The van der Waals surface area contributed by atoms with E-state index in [1.807, 2.05) is 4.68 Å². The van der Waals surface area contributed by atoms with Gasteiger partial charge in [-0.1, -0.05) is 6.92 Å². The molecule has 1 aliphatic carbocycles. The molecule has 1 aromatic heterocycles. The van der Waals surface area contributed by atoms with Gasteiger partial charge in [0, 0.05) is 38.3 Å². The van der Waals surface area contributed by atoms with Gasteiger partial charge in [0.15, 0.2) is 0 Å². The maximum Gasteiger partial charge on any atom is 0.0597 e. The molecule has 20 heavy (non-hydrogen) atoms. The van der Waals surface area contributed by atoms with Gasteiger partial charge in [0.2, 0.25) is 0 Å². The van der Waals surface area contributed by atoms with Crippen molar-refractivity contribution < 1.29 is 0 Å². The first kappa shape index (κ1) is 14.1. The Morgan fingerprint density at radius 3 is 2.75 bits per heavy atom. The Kier molecular flexibility index (Phi) is 3.63. The van der Waals surface area contributed by atoms with Gasteiger partial charge in [0.1, 0.15) is 0 Å². The van der Waals surface area contributed by atoms with E-state index in [0.29, 0.717) is 11.6 Å². The van der Waals surface area contributed by atoms with Crippen LogP contribution >= 0.6 is 0 Å². The third kappa shape index (κ3) is 2.63. The molecule has 4 nitrogen and oxygen atoms in total. The Morgan fingerprint density at radius 2 is 2.20 bits per heavy atom. The summed E-state index contributed by atoms with van der Waals surface area (Å²) in [6, 6.07) is 2.88. The van der Waals surface area contributed by atoms with E-state index >= 15 is 0 Å². The maximum atomic E-state index is 4.49. The summed E-state index contributed by atoms with van der Waals surface area (Å²) in [5.41, 5.74) is 2.77. The zero-order valence-corrected chi connectivity index (χ0v) is 13.3. The molecule has 3 rings (SSSR count). The third-order valence-electron chi connectivity index (χ3n) is 5.20. The standard InChI is InChI=1S/C16H28N4/c1-5-14-9-17-16(3,13-6-7-13)11-20(14)10-15-8-12(2)18-19(15)4/h8,13-14,17H,5-7,9-11H2,1-4H3. The Hall–Kier alpha value is -0.870. The topological polar surface area (TPSA) is 33.1 Å². The molecular formula is C16H28N4. The van der Waals surface area contributed by atoms with Crippen molar-refractivity contribution in [3.05, 3.63) is 17.5 Å². The molecule has 1 saturated carbocycles. The number of aryl methyl sites for hydroxylation is 2. The second kappa shape index (κ2) is 5.15. The fourth-order valence-corrected chi connectivity index (χ4v) is 3.69. The number of nitrogens with zero attached hydrogens (tertiary/aromatic N) is 3. The number of rotatable bonds is 4. The van der Waals surface area contributed by atoms with E-state index < -0.39 is 0 Å². The van der Waals surface area contributed by atoms with E-state index in [1.54, 1.807) is 0 Å². The van der Waals surface area contributed by atoms with Crippen LogP contribution in [0, 0.1) is 12.8 Å². The van der Waals surface area contributed by atoms with Crippen molar-refractivity contribution >= 4 is 0 Å². The van der Waals surface area contributed by atoms with Crippen LogP contribution in [-0.4, -0.2) is 39.4 Å². The Bertz CT molecular complexity index is 477. The van der Waals surface area contributed by atoms with Gasteiger partial charge in [-0.15, -0.1) is 0 Å². The van der Waals surface area contributed by atoms with Crippen molar-refractivity contribution in [3.63, 3.8) is 0 Å². The predicted molar refractivity (Wildman–Crippen MR) is 81.6 cm³/mol. The second-order valence-electron chi connectivity index (χ2n) is 6.94. The molecule has 0 amide bonds. The highest BCUT2D eigenvalue weighted by Gasteiger charge is 2.45. The molecule has 0 spiro atoms. The van der Waals surface area contributed by atoms with Crippen molar-refractivity contribution in [1.82, 2.24) is 20.0 Å². The van der Waals surface area contributed by atoms with E-state index in [0.717, 1.165) is 24.7 Å². The van der Waals surface area contributed by atoms with Crippen LogP contribution in [0.2, 0.25) is 0 Å². The molecule has 1 aromatic rings. The lowest BCUT2D eigenvalue weighted by molar-refractivity contribution is 0.0646. The van der Waals surface area contributed by atoms with Crippen molar-refractivity contribution in [2.24, 2.45) is 13.0 Å². The minimum Gasteiger partial charge on any atom is -0.308 e. The number of hydrogen-bond donors (Lipinski definition) is 1. The van der Waals surface area contributed by atoms with Gasteiger partial charge in [-0.25, -0.2) is 0 Å². The van der Waals surface area contributed by atoms with Gasteiger partial charge in [0.05, 0.1) is 11.4 Å². The van der Waals surface area contributed by atoms with Gasteiger partial charge >= 0.3 is 0 Å². The van der Waals surface area contributed by atoms with Crippen molar-refractivity contribution in [1.29, 1.82) is 0 Å². The van der Waals surface area contributed by atoms with Crippen molar-refractivity contribution in [2.75, 3.05) is 13.1 Å². The van der Waals surface area contributed by atoms with Crippen LogP contribution in [0.25, 0.3) is 0 Å². The van der Waals surface area contributed by atoms with Crippen molar-refractivity contribution in [2.45, 2.75) is 58.2 Å². The largest absolute Gasteiger partial charge is 0.308 e. The fraction of sp³-hybridized carbons (Fsp3) is 0.812. The number of nitrogens with one attached hydrogen (secondary N) is 1. The van der Waals surface area contributed by atoms with Gasteiger partial charge in [-0.3, -0.25) is 9.58 Å². The highest BCUT2D eigenvalue weighted by molar-refractivity contribution is 5.10. The van der Waals surface area contributed by atoms with Gasteiger partial charge in [-0.2, -0.15) is 5.10 Å². The highest BCUT2D eigenvalue weighted by Crippen LogP contribution is 2.41. The maximum absolute atomic E-state index is 4.49. The van der Waals surface area contributed by atoms with E-state index in [-0.39, 0.29) is 0 Å². The zero-order valence-electron chi connectivity index (χ0n) is 13.3. The molecule has 0 bridgehead atoms. The lowest BCUT2D eigenvalue weighted by Gasteiger charge is -2.46. The average Bonchev–Trinajstić information content (AvgIpc) is 3.19. The Labute approximate surface area is 122 Å². The van der Waals surface area contributed by atoms with Crippen LogP contribution in [0.3, 0.4) is 0 Å². The summed E-state index contributed by atoms with van der Waals surface area (Å²) in [4.78, 5) is 2.67. The van der Waals surface area contributed by atoms with Crippen LogP contribution in [0.4, 0.5) is 0 Å². The minimum absolute atomic E-state index is 0.319. The van der Waals surface area contributed by atoms with E-state index in [1.165, 1.54) is 31.5 Å². The normalized spacial score (nSPS) is 31.7. The smallest absolute Gasteiger partial charge is 0.0597 e. The highest BCUT2D eigenvalue weighted by atomic mass is 15.3. The molecule has 0 aromatic carbocycles. The van der Waals surface area contributed by atoms with Crippen LogP contribution < -0.4 is 5.32 Å². The molecule has 2 unspecified atom stereocenters. The van der Waals surface area contributed by atoms with Crippen LogP contribution in [0.1, 0.15) is 44.5 Å². The van der Waals surface area contributed by atoms with Gasteiger partial charge < -0.3 is 5.32 Å². The van der Waals surface area contributed by atoms with Crippen LogP contribution in [0.15, 0.2) is 6.07 Å². The van der Waals surface area contributed by atoms with Gasteiger partial charge in [-0.05, 0) is 45.1 Å². The molecule has 4 heteroatoms. The molecule has 1 N–H and O–H groups in total. The molecule has 2 atom stereocenters. The van der Waals surface area contributed by atoms with E-state index in [2.05, 4.69) is 49.2 Å². The van der Waals surface area contributed by atoms with Crippen LogP contribution in [0.5, 0.6) is 0 Å². The first-order valence-corrected chi connectivity index (χ1v) is 8.00. The number of piperazine rings is 1. The molecule has 1 aliphatic heterocycles. The SMILES string of the molecule is CCC1CNC(C)(C2CC2)CN1Cc1cc(C)nn1C. The second-order valence-corrected chi connectivity index (χ2v) is 6.94. The molecule has 112 valence electrons. The third-order valence-corrected chi connectivity index (χ3v) is 5.20. The monoisotopic (exact) mass is 276 g/mol. The molecule has 2 heterocycles. The molecule has 2 aliphatic rings.